The van der Waals surface area contributed by atoms with Crippen molar-refractivity contribution in [2.45, 2.75) is 44.6 Å². The number of nitrogens with one attached hydrogen (secondary N) is 2. The number of rotatable bonds is 7. The van der Waals surface area contributed by atoms with Gasteiger partial charge in [0.05, 0.1) is 6.54 Å². The predicted molar refractivity (Wildman–Crippen MR) is 61.6 cm³/mol. The Morgan fingerprint density at radius 3 is 2.67 bits per heavy atom. The molecule has 88 valence electrons. The third kappa shape index (κ3) is 5.74. The van der Waals surface area contributed by atoms with Crippen molar-refractivity contribution in [1.29, 1.82) is 0 Å². The largest absolute Gasteiger partial charge is 0.355 e. The van der Waals surface area contributed by atoms with E-state index in [4.69, 9.17) is 5.73 Å². The molecule has 0 saturated heterocycles. The van der Waals surface area contributed by atoms with Crippen LogP contribution in [0.3, 0.4) is 0 Å². The van der Waals surface area contributed by atoms with E-state index in [0.29, 0.717) is 19.1 Å². The summed E-state index contributed by atoms with van der Waals surface area (Å²) < 4.78 is 0. The lowest BCUT2D eigenvalue weighted by Gasteiger charge is -2.11. The maximum atomic E-state index is 11.4. The number of hydrogen-bond donors (Lipinski definition) is 3. The Labute approximate surface area is 92.0 Å². The lowest BCUT2D eigenvalue weighted by Crippen LogP contribution is -2.38. The first kappa shape index (κ1) is 12.5. The monoisotopic (exact) mass is 213 g/mol. The van der Waals surface area contributed by atoms with Crippen molar-refractivity contribution in [3.63, 3.8) is 0 Å². The Kier molecular flexibility index (Phi) is 6.36. The zero-order valence-electron chi connectivity index (χ0n) is 9.43. The molecule has 0 aliphatic heterocycles. The number of hydrogen-bond acceptors (Lipinski definition) is 3. The topological polar surface area (TPSA) is 67.1 Å². The molecule has 0 unspecified atom stereocenters. The smallest absolute Gasteiger partial charge is 0.233 e. The number of nitrogens with two attached hydrogens (primary N) is 1. The van der Waals surface area contributed by atoms with Crippen molar-refractivity contribution < 1.29 is 4.79 Å². The van der Waals surface area contributed by atoms with Gasteiger partial charge in [0.2, 0.25) is 5.91 Å². The zero-order chi connectivity index (χ0) is 10.9. The van der Waals surface area contributed by atoms with E-state index in [1.54, 1.807) is 0 Å². The molecule has 0 atom stereocenters. The molecule has 0 spiro atoms. The first-order chi connectivity index (χ1) is 7.33. The number of carbonyl (C=O) groups excluding carboxylic acids is 1. The van der Waals surface area contributed by atoms with Crippen molar-refractivity contribution in [3.8, 4) is 0 Å². The normalized spacial score (nSPS) is 16.9. The molecule has 1 fully saturated rings. The fraction of sp³-hybridized carbons (Fsp3) is 0.909. The minimum atomic E-state index is 0.110. The highest BCUT2D eigenvalue weighted by molar-refractivity contribution is 5.77. The van der Waals surface area contributed by atoms with Crippen LogP contribution in [-0.4, -0.2) is 31.6 Å². The molecule has 0 heterocycles. The average Bonchev–Trinajstić information content (AvgIpc) is 2.74. The van der Waals surface area contributed by atoms with Crippen LogP contribution in [0.2, 0.25) is 0 Å². The Hall–Kier alpha value is -0.610. The molecule has 0 bridgehead atoms. The highest BCUT2D eigenvalue weighted by Crippen LogP contribution is 2.17. The minimum absolute atomic E-state index is 0.110. The van der Waals surface area contributed by atoms with Gasteiger partial charge in [-0.15, -0.1) is 0 Å². The first-order valence-electron chi connectivity index (χ1n) is 6.03. The minimum Gasteiger partial charge on any atom is -0.355 e. The van der Waals surface area contributed by atoms with Crippen molar-refractivity contribution >= 4 is 5.91 Å². The van der Waals surface area contributed by atoms with Crippen molar-refractivity contribution in [2.75, 3.05) is 19.6 Å². The summed E-state index contributed by atoms with van der Waals surface area (Å²) in [5.41, 5.74) is 5.36. The maximum absolute atomic E-state index is 11.4. The molecule has 1 saturated carbocycles. The molecule has 0 aromatic carbocycles. The van der Waals surface area contributed by atoms with E-state index in [0.717, 1.165) is 19.4 Å². The quantitative estimate of drug-likeness (QED) is 0.535. The van der Waals surface area contributed by atoms with Crippen LogP contribution in [0.4, 0.5) is 0 Å². The van der Waals surface area contributed by atoms with Crippen LogP contribution in [-0.2, 0) is 4.79 Å². The summed E-state index contributed by atoms with van der Waals surface area (Å²) in [7, 11) is 0. The van der Waals surface area contributed by atoms with E-state index >= 15 is 0 Å². The van der Waals surface area contributed by atoms with Gasteiger partial charge in [-0.1, -0.05) is 12.8 Å². The van der Waals surface area contributed by atoms with Gasteiger partial charge in [0, 0.05) is 12.6 Å². The molecule has 1 aliphatic carbocycles. The molecule has 4 nitrogen and oxygen atoms in total. The van der Waals surface area contributed by atoms with Crippen LogP contribution in [0.15, 0.2) is 0 Å². The third-order valence-electron chi connectivity index (χ3n) is 2.86. The van der Waals surface area contributed by atoms with Gasteiger partial charge in [0.15, 0.2) is 0 Å². The van der Waals surface area contributed by atoms with Gasteiger partial charge in [0.25, 0.3) is 0 Å². The maximum Gasteiger partial charge on any atom is 0.233 e. The summed E-state index contributed by atoms with van der Waals surface area (Å²) in [6, 6.07) is 0.569. The summed E-state index contributed by atoms with van der Waals surface area (Å²) in [4.78, 5) is 11.4. The van der Waals surface area contributed by atoms with Gasteiger partial charge in [-0.25, -0.2) is 0 Å². The first-order valence-corrected chi connectivity index (χ1v) is 6.03. The molecular formula is C11H23N3O. The number of carbonyl (C=O) groups is 1. The van der Waals surface area contributed by atoms with Crippen LogP contribution in [0.5, 0.6) is 0 Å². The molecule has 4 heteroatoms. The lowest BCUT2D eigenvalue weighted by molar-refractivity contribution is -0.120. The lowest BCUT2D eigenvalue weighted by atomic mass is 10.2. The molecule has 0 aromatic heterocycles. The summed E-state index contributed by atoms with van der Waals surface area (Å²) >= 11 is 0. The molecule has 1 amide bonds. The summed E-state index contributed by atoms with van der Waals surface area (Å²) in [5, 5.41) is 6.17. The van der Waals surface area contributed by atoms with E-state index in [9.17, 15) is 4.79 Å². The molecule has 1 aliphatic rings. The van der Waals surface area contributed by atoms with E-state index in [1.807, 2.05) is 0 Å². The average molecular weight is 213 g/mol. The second kappa shape index (κ2) is 7.65. The van der Waals surface area contributed by atoms with Crippen molar-refractivity contribution in [3.05, 3.63) is 0 Å². The van der Waals surface area contributed by atoms with E-state index in [2.05, 4.69) is 10.6 Å². The fourth-order valence-corrected chi connectivity index (χ4v) is 1.93. The van der Waals surface area contributed by atoms with Gasteiger partial charge in [0.1, 0.15) is 0 Å². The van der Waals surface area contributed by atoms with Crippen LogP contribution < -0.4 is 16.4 Å². The Morgan fingerprint density at radius 2 is 2.00 bits per heavy atom. The van der Waals surface area contributed by atoms with E-state index in [-0.39, 0.29) is 5.91 Å². The van der Waals surface area contributed by atoms with Crippen LogP contribution in [0, 0.1) is 0 Å². The molecule has 0 radical (unpaired) electrons. The van der Waals surface area contributed by atoms with Gasteiger partial charge in [-0.3, -0.25) is 4.79 Å². The Balaban J connectivity index is 1.93. The number of amides is 1. The van der Waals surface area contributed by atoms with Crippen LogP contribution in [0.25, 0.3) is 0 Å². The fourth-order valence-electron chi connectivity index (χ4n) is 1.93. The second-order valence-electron chi connectivity index (χ2n) is 4.21. The standard InChI is InChI=1S/C11H23N3O/c12-7-3-4-8-13-11(15)9-14-10-5-1-2-6-10/h10,14H,1-9,12H2,(H,13,15). The van der Waals surface area contributed by atoms with Crippen LogP contribution in [0.1, 0.15) is 38.5 Å². The Morgan fingerprint density at radius 1 is 1.27 bits per heavy atom. The molecule has 1 rings (SSSR count). The Bertz CT molecular complexity index is 179. The summed E-state index contributed by atoms with van der Waals surface area (Å²) in [5.74, 6) is 0.110. The highest BCUT2D eigenvalue weighted by Gasteiger charge is 2.14. The third-order valence-corrected chi connectivity index (χ3v) is 2.86. The molecule has 0 aromatic rings. The molecule has 15 heavy (non-hydrogen) atoms. The van der Waals surface area contributed by atoms with Gasteiger partial charge >= 0.3 is 0 Å². The highest BCUT2D eigenvalue weighted by atomic mass is 16.1. The van der Waals surface area contributed by atoms with Crippen molar-refractivity contribution in [1.82, 2.24) is 10.6 Å². The predicted octanol–water partition coefficient (Wildman–Crippen LogP) is 0.374. The molecular weight excluding hydrogens is 190 g/mol. The summed E-state index contributed by atoms with van der Waals surface area (Å²) in [6.07, 6.45) is 7.01. The van der Waals surface area contributed by atoms with Gasteiger partial charge in [-0.05, 0) is 32.2 Å². The SMILES string of the molecule is NCCCCNC(=O)CNC1CCCC1. The zero-order valence-corrected chi connectivity index (χ0v) is 9.43. The van der Waals surface area contributed by atoms with Gasteiger partial charge in [-0.2, -0.15) is 0 Å². The molecule has 4 N–H and O–H groups in total. The van der Waals surface area contributed by atoms with Gasteiger partial charge < -0.3 is 16.4 Å². The second-order valence-corrected chi connectivity index (χ2v) is 4.21. The van der Waals surface area contributed by atoms with E-state index in [1.165, 1.54) is 25.7 Å². The van der Waals surface area contributed by atoms with E-state index < -0.39 is 0 Å². The number of unbranched alkanes of at least 4 members (excludes halogenated alkanes) is 1. The van der Waals surface area contributed by atoms with Crippen molar-refractivity contribution in [2.24, 2.45) is 5.73 Å². The summed E-state index contributed by atoms with van der Waals surface area (Å²) in [6.45, 7) is 1.92. The van der Waals surface area contributed by atoms with Crippen LogP contribution >= 0.6 is 0 Å².